The third-order valence-corrected chi connectivity index (χ3v) is 4.72. The zero-order chi connectivity index (χ0) is 18.0. The Balaban J connectivity index is 1.86. The van der Waals surface area contributed by atoms with Gasteiger partial charge in [-0.3, -0.25) is 19.7 Å². The summed E-state index contributed by atoms with van der Waals surface area (Å²) in [5, 5.41) is 10.7. The molecule has 1 saturated heterocycles. The molecule has 0 atom stereocenters. The average molecular weight is 370 g/mol. The molecule has 0 spiro atoms. The number of nitrogens with zero attached hydrogens (tertiary/aromatic N) is 2. The molecule has 2 aromatic carbocycles. The first-order valence-corrected chi connectivity index (χ1v) is 8.31. The number of benzene rings is 2. The fourth-order valence-electron chi connectivity index (χ4n) is 2.20. The Morgan fingerprint density at radius 3 is 2.36 bits per heavy atom. The first kappa shape index (κ1) is 17.0. The summed E-state index contributed by atoms with van der Waals surface area (Å²) in [6.07, 6.45) is 1.67. The molecule has 0 saturated carbocycles. The van der Waals surface area contributed by atoms with E-state index in [2.05, 4.69) is 0 Å². The lowest BCUT2D eigenvalue weighted by molar-refractivity contribution is -0.384. The van der Waals surface area contributed by atoms with Crippen LogP contribution in [0.15, 0.2) is 59.5 Å². The van der Waals surface area contributed by atoms with E-state index in [-0.39, 0.29) is 15.6 Å². The summed E-state index contributed by atoms with van der Waals surface area (Å²) in [6.45, 7) is 0. The normalized spacial score (nSPS) is 15.7. The van der Waals surface area contributed by atoms with Gasteiger partial charge in [0.25, 0.3) is 17.5 Å². The second kappa shape index (κ2) is 6.96. The number of nitro benzene ring substituents is 1. The number of amides is 2. The molecule has 2 amide bonds. The third-order valence-electron chi connectivity index (χ3n) is 3.42. The highest BCUT2D eigenvalue weighted by molar-refractivity contribution is 8.26. The lowest BCUT2D eigenvalue weighted by Gasteiger charge is -2.12. The van der Waals surface area contributed by atoms with E-state index in [0.29, 0.717) is 4.91 Å². The monoisotopic (exact) mass is 370 g/mol. The van der Waals surface area contributed by atoms with Gasteiger partial charge in [-0.1, -0.05) is 54.3 Å². The number of thiocarbonyl (C=S) groups is 1. The molecule has 1 heterocycles. The number of rotatable bonds is 3. The fourth-order valence-corrected chi connectivity index (χ4v) is 3.45. The standard InChI is InChI=1S/C17H10N2O4S2/c20-15(12-6-8-13(9-7-12)19(22)23)18-16(21)14(25-17(18)24)10-11-4-2-1-3-5-11/h1-10H/b14-10+. The number of carbonyl (C=O) groups excluding carboxylic acids is 2. The molecular weight excluding hydrogens is 360 g/mol. The largest absolute Gasteiger partial charge is 0.273 e. The van der Waals surface area contributed by atoms with Gasteiger partial charge in [0.2, 0.25) is 0 Å². The molecule has 25 heavy (non-hydrogen) atoms. The van der Waals surface area contributed by atoms with Gasteiger partial charge in [-0.25, -0.2) is 4.90 Å². The zero-order valence-electron chi connectivity index (χ0n) is 12.6. The maximum Gasteiger partial charge on any atom is 0.273 e. The van der Waals surface area contributed by atoms with Crippen molar-refractivity contribution in [3.05, 3.63) is 80.7 Å². The van der Waals surface area contributed by atoms with E-state index < -0.39 is 16.7 Å². The van der Waals surface area contributed by atoms with Crippen molar-refractivity contribution in [3.8, 4) is 0 Å². The van der Waals surface area contributed by atoms with Crippen LogP contribution in [-0.2, 0) is 4.79 Å². The van der Waals surface area contributed by atoms with Crippen LogP contribution in [0.2, 0.25) is 0 Å². The van der Waals surface area contributed by atoms with Crippen LogP contribution in [0.1, 0.15) is 15.9 Å². The number of nitro groups is 1. The molecule has 0 unspecified atom stereocenters. The van der Waals surface area contributed by atoms with E-state index in [9.17, 15) is 19.7 Å². The Morgan fingerprint density at radius 2 is 1.76 bits per heavy atom. The maximum absolute atomic E-state index is 12.6. The number of hydrogen-bond acceptors (Lipinski definition) is 6. The van der Waals surface area contributed by atoms with Crippen LogP contribution in [-0.4, -0.2) is 26.0 Å². The minimum Gasteiger partial charge on any atom is -0.268 e. The number of thioether (sulfide) groups is 1. The highest BCUT2D eigenvalue weighted by atomic mass is 32.2. The van der Waals surface area contributed by atoms with Crippen molar-refractivity contribution < 1.29 is 14.5 Å². The Bertz CT molecular complexity index is 908. The van der Waals surface area contributed by atoms with Gasteiger partial charge in [-0.05, 0) is 23.8 Å². The van der Waals surface area contributed by atoms with E-state index in [1.54, 1.807) is 6.08 Å². The van der Waals surface area contributed by atoms with E-state index in [4.69, 9.17) is 12.2 Å². The molecule has 0 aliphatic carbocycles. The highest BCUT2D eigenvalue weighted by Crippen LogP contribution is 2.33. The molecule has 6 nitrogen and oxygen atoms in total. The van der Waals surface area contributed by atoms with Gasteiger partial charge in [-0.2, -0.15) is 0 Å². The molecule has 0 N–H and O–H groups in total. The SMILES string of the molecule is O=C1/C(=C\c2ccccc2)SC(=S)N1C(=O)c1ccc([N+](=O)[O-])cc1. The molecular formula is C17H10N2O4S2. The molecule has 1 aliphatic rings. The number of hydrogen-bond donors (Lipinski definition) is 0. The first-order chi connectivity index (χ1) is 12.0. The summed E-state index contributed by atoms with van der Waals surface area (Å²) >= 11 is 6.20. The molecule has 124 valence electrons. The summed E-state index contributed by atoms with van der Waals surface area (Å²) in [5.74, 6) is -1.10. The Kier molecular flexibility index (Phi) is 4.73. The lowest BCUT2D eigenvalue weighted by atomic mass is 10.1. The smallest absolute Gasteiger partial charge is 0.268 e. The first-order valence-electron chi connectivity index (χ1n) is 7.09. The van der Waals surface area contributed by atoms with Gasteiger partial charge in [-0.15, -0.1) is 0 Å². The van der Waals surface area contributed by atoms with Crippen molar-refractivity contribution in [2.24, 2.45) is 0 Å². The minimum absolute atomic E-state index is 0.133. The fraction of sp³-hybridized carbons (Fsp3) is 0. The van der Waals surface area contributed by atoms with Crippen molar-refractivity contribution in [1.82, 2.24) is 4.90 Å². The Morgan fingerprint density at radius 1 is 1.12 bits per heavy atom. The van der Waals surface area contributed by atoms with Crippen molar-refractivity contribution >= 4 is 51.9 Å². The van der Waals surface area contributed by atoms with Crippen molar-refractivity contribution in [3.63, 3.8) is 0 Å². The van der Waals surface area contributed by atoms with E-state index in [1.807, 2.05) is 30.3 Å². The Labute approximate surface area is 152 Å². The van der Waals surface area contributed by atoms with Gasteiger partial charge >= 0.3 is 0 Å². The summed E-state index contributed by atoms with van der Waals surface area (Å²) in [5.41, 5.74) is 0.847. The maximum atomic E-state index is 12.6. The van der Waals surface area contributed by atoms with Gasteiger partial charge in [0.15, 0.2) is 4.32 Å². The van der Waals surface area contributed by atoms with Crippen LogP contribution < -0.4 is 0 Å². The van der Waals surface area contributed by atoms with Gasteiger partial charge in [0.1, 0.15) is 0 Å². The summed E-state index contributed by atoms with van der Waals surface area (Å²) in [6, 6.07) is 14.3. The van der Waals surface area contributed by atoms with Crippen LogP contribution in [0.25, 0.3) is 6.08 Å². The summed E-state index contributed by atoms with van der Waals surface area (Å²) < 4.78 is 0.135. The molecule has 8 heteroatoms. The minimum atomic E-state index is -0.603. The van der Waals surface area contributed by atoms with E-state index >= 15 is 0 Å². The molecule has 1 aliphatic heterocycles. The second-order valence-electron chi connectivity index (χ2n) is 5.04. The van der Waals surface area contributed by atoms with Gasteiger partial charge in [0.05, 0.1) is 9.83 Å². The third kappa shape index (κ3) is 3.49. The number of imide groups is 1. The number of non-ortho nitro benzene ring substituents is 1. The highest BCUT2D eigenvalue weighted by Gasteiger charge is 2.37. The van der Waals surface area contributed by atoms with Crippen molar-refractivity contribution in [1.29, 1.82) is 0 Å². The summed E-state index contributed by atoms with van der Waals surface area (Å²) in [7, 11) is 0. The molecule has 0 aromatic heterocycles. The summed E-state index contributed by atoms with van der Waals surface area (Å²) in [4.78, 5) is 36.5. The van der Waals surface area contributed by atoms with Crippen molar-refractivity contribution in [2.45, 2.75) is 0 Å². The molecule has 3 rings (SSSR count). The van der Waals surface area contributed by atoms with Crippen LogP contribution in [0.4, 0.5) is 5.69 Å². The average Bonchev–Trinajstić information content (AvgIpc) is 2.89. The van der Waals surface area contributed by atoms with Crippen LogP contribution >= 0.6 is 24.0 Å². The predicted molar refractivity (Wildman–Crippen MR) is 98.9 cm³/mol. The molecule has 1 fully saturated rings. The molecule has 0 radical (unpaired) electrons. The van der Waals surface area contributed by atoms with Gasteiger partial charge in [0, 0.05) is 17.7 Å². The van der Waals surface area contributed by atoms with E-state index in [0.717, 1.165) is 22.2 Å². The van der Waals surface area contributed by atoms with Crippen LogP contribution in [0.5, 0.6) is 0 Å². The van der Waals surface area contributed by atoms with Gasteiger partial charge < -0.3 is 0 Å². The molecule has 0 bridgehead atoms. The quantitative estimate of drug-likeness (QED) is 0.270. The topological polar surface area (TPSA) is 80.5 Å². The van der Waals surface area contributed by atoms with Crippen LogP contribution in [0.3, 0.4) is 0 Å². The van der Waals surface area contributed by atoms with Crippen LogP contribution in [0, 0.1) is 10.1 Å². The second-order valence-corrected chi connectivity index (χ2v) is 6.71. The lowest BCUT2D eigenvalue weighted by Crippen LogP contribution is -2.34. The predicted octanol–water partition coefficient (Wildman–Crippen LogP) is 3.64. The Hall–Kier alpha value is -2.84. The van der Waals surface area contributed by atoms with Crippen molar-refractivity contribution in [2.75, 3.05) is 0 Å². The molecule has 2 aromatic rings. The zero-order valence-corrected chi connectivity index (χ0v) is 14.3. The number of carbonyl (C=O) groups is 2. The van der Waals surface area contributed by atoms with E-state index in [1.165, 1.54) is 24.3 Å².